The van der Waals surface area contributed by atoms with Crippen LogP contribution in [0.2, 0.25) is 0 Å². The van der Waals surface area contributed by atoms with Gasteiger partial charge in [-0.3, -0.25) is 4.79 Å². The van der Waals surface area contributed by atoms with Gasteiger partial charge in [-0.2, -0.15) is 0 Å². The van der Waals surface area contributed by atoms with Crippen LogP contribution >= 0.6 is 11.8 Å². The molecule has 8 heteroatoms. The first-order valence-electron chi connectivity index (χ1n) is 7.16. The van der Waals surface area contributed by atoms with E-state index in [-0.39, 0.29) is 23.0 Å². The van der Waals surface area contributed by atoms with Gasteiger partial charge in [0.25, 0.3) is 0 Å². The van der Waals surface area contributed by atoms with Crippen molar-refractivity contribution in [2.45, 2.75) is 5.16 Å². The van der Waals surface area contributed by atoms with E-state index in [1.54, 1.807) is 35.3 Å². The minimum atomic E-state index is -0.438. The fourth-order valence-electron chi connectivity index (χ4n) is 2.01. The smallest absolute Gasteiger partial charge is 0.233 e. The van der Waals surface area contributed by atoms with E-state index in [4.69, 9.17) is 5.84 Å². The third-order valence-electron chi connectivity index (χ3n) is 3.16. The number of rotatable bonds is 8. The van der Waals surface area contributed by atoms with E-state index in [0.29, 0.717) is 18.2 Å². The Morgan fingerprint density at radius 3 is 2.58 bits per heavy atom. The number of amides is 1. The van der Waals surface area contributed by atoms with Gasteiger partial charge in [0, 0.05) is 13.1 Å². The van der Waals surface area contributed by atoms with E-state index in [9.17, 15) is 9.18 Å². The average Bonchev–Trinajstić information content (AvgIpc) is 2.93. The van der Waals surface area contributed by atoms with Gasteiger partial charge < -0.3 is 10.7 Å². The van der Waals surface area contributed by atoms with Crippen molar-refractivity contribution in [2.24, 2.45) is 0 Å². The second-order valence-electron chi connectivity index (χ2n) is 4.82. The van der Waals surface area contributed by atoms with E-state index in [1.807, 2.05) is 0 Å². The SMILES string of the molecule is C=CCN(CC=C)C(=O)CSc1nnc(-c2ccccc2F)n1N. The summed E-state index contributed by atoms with van der Waals surface area (Å²) in [5, 5.41) is 8.17. The average molecular weight is 347 g/mol. The van der Waals surface area contributed by atoms with Crippen molar-refractivity contribution in [2.75, 3.05) is 24.7 Å². The van der Waals surface area contributed by atoms with E-state index < -0.39 is 5.82 Å². The predicted octanol–water partition coefficient (Wildman–Crippen LogP) is 2.09. The number of nitrogens with two attached hydrogens (primary N) is 1. The summed E-state index contributed by atoms with van der Waals surface area (Å²) in [5.74, 6) is 5.73. The van der Waals surface area contributed by atoms with E-state index in [0.717, 1.165) is 11.8 Å². The molecule has 126 valence electrons. The zero-order valence-corrected chi connectivity index (χ0v) is 13.9. The lowest BCUT2D eigenvalue weighted by Crippen LogP contribution is -2.32. The van der Waals surface area contributed by atoms with E-state index in [1.165, 1.54) is 10.7 Å². The Morgan fingerprint density at radius 2 is 1.96 bits per heavy atom. The molecule has 0 radical (unpaired) electrons. The Balaban J connectivity index is 2.09. The summed E-state index contributed by atoms with van der Waals surface area (Å²) in [7, 11) is 0. The molecular weight excluding hydrogens is 329 g/mol. The number of carbonyl (C=O) groups is 1. The molecule has 0 atom stereocenters. The first kappa shape index (κ1) is 17.7. The van der Waals surface area contributed by atoms with Crippen molar-refractivity contribution in [3.05, 3.63) is 55.4 Å². The van der Waals surface area contributed by atoms with Gasteiger partial charge in [-0.25, -0.2) is 9.07 Å². The molecular formula is C16H18FN5OS. The maximum absolute atomic E-state index is 13.8. The van der Waals surface area contributed by atoms with Crippen LogP contribution < -0.4 is 5.84 Å². The molecule has 0 aliphatic rings. The van der Waals surface area contributed by atoms with Crippen molar-refractivity contribution in [3.63, 3.8) is 0 Å². The lowest BCUT2D eigenvalue weighted by molar-refractivity contribution is -0.127. The number of aromatic nitrogens is 3. The molecule has 0 unspecified atom stereocenters. The van der Waals surface area contributed by atoms with Crippen LogP contribution in [0.25, 0.3) is 11.4 Å². The van der Waals surface area contributed by atoms with Gasteiger partial charge in [0.15, 0.2) is 5.82 Å². The highest BCUT2D eigenvalue weighted by Crippen LogP contribution is 2.23. The molecule has 2 N–H and O–H groups in total. The van der Waals surface area contributed by atoms with Gasteiger partial charge in [0.05, 0.1) is 11.3 Å². The van der Waals surface area contributed by atoms with Gasteiger partial charge in [-0.15, -0.1) is 23.4 Å². The Bertz CT molecular complexity index is 736. The van der Waals surface area contributed by atoms with Crippen molar-refractivity contribution < 1.29 is 9.18 Å². The van der Waals surface area contributed by atoms with Crippen LogP contribution in [0, 0.1) is 5.82 Å². The number of hydrogen-bond acceptors (Lipinski definition) is 5. The summed E-state index contributed by atoms with van der Waals surface area (Å²) in [6.07, 6.45) is 3.29. The van der Waals surface area contributed by atoms with Gasteiger partial charge in [-0.1, -0.05) is 36.0 Å². The standard InChI is InChI=1S/C16H18FN5OS/c1-3-9-21(10-4-2)14(23)11-24-16-20-19-15(22(16)18)12-7-5-6-8-13(12)17/h3-8H,1-2,9-11,18H2. The molecule has 6 nitrogen and oxygen atoms in total. The highest BCUT2D eigenvalue weighted by molar-refractivity contribution is 7.99. The fourth-order valence-corrected chi connectivity index (χ4v) is 2.77. The lowest BCUT2D eigenvalue weighted by Gasteiger charge is -2.18. The largest absolute Gasteiger partial charge is 0.335 e. The number of nitrogens with zero attached hydrogens (tertiary/aromatic N) is 4. The van der Waals surface area contributed by atoms with Gasteiger partial charge in [-0.05, 0) is 12.1 Å². The molecule has 0 aliphatic heterocycles. The summed E-state index contributed by atoms with van der Waals surface area (Å²) < 4.78 is 15.0. The Kier molecular flexibility index (Phi) is 6.14. The zero-order chi connectivity index (χ0) is 17.5. The summed E-state index contributed by atoms with van der Waals surface area (Å²) in [4.78, 5) is 13.8. The molecule has 2 rings (SSSR count). The number of thioether (sulfide) groups is 1. The molecule has 0 bridgehead atoms. The number of nitrogen functional groups attached to an aromatic ring is 1. The molecule has 0 spiro atoms. The van der Waals surface area contributed by atoms with Crippen molar-refractivity contribution in [3.8, 4) is 11.4 Å². The fraction of sp³-hybridized carbons (Fsp3) is 0.188. The summed E-state index contributed by atoms with van der Waals surface area (Å²) >= 11 is 1.14. The second-order valence-corrected chi connectivity index (χ2v) is 5.76. The zero-order valence-electron chi connectivity index (χ0n) is 13.1. The van der Waals surface area contributed by atoms with Crippen LogP contribution in [0.4, 0.5) is 4.39 Å². The number of hydrogen-bond donors (Lipinski definition) is 1. The summed E-state index contributed by atoms with van der Waals surface area (Å²) in [6.45, 7) is 8.11. The summed E-state index contributed by atoms with van der Waals surface area (Å²) in [5.41, 5.74) is 0.255. The van der Waals surface area contributed by atoms with Crippen LogP contribution in [0.15, 0.2) is 54.7 Å². The van der Waals surface area contributed by atoms with E-state index >= 15 is 0 Å². The van der Waals surface area contributed by atoms with Gasteiger partial charge >= 0.3 is 0 Å². The van der Waals surface area contributed by atoms with Crippen LogP contribution in [0.1, 0.15) is 0 Å². The first-order chi connectivity index (χ1) is 11.6. The molecule has 0 fully saturated rings. The van der Waals surface area contributed by atoms with Gasteiger partial charge in [0.2, 0.25) is 11.1 Å². The number of halogens is 1. The van der Waals surface area contributed by atoms with E-state index in [2.05, 4.69) is 23.4 Å². The topological polar surface area (TPSA) is 77.0 Å². The van der Waals surface area contributed by atoms with Crippen LogP contribution in [-0.2, 0) is 4.79 Å². The minimum absolute atomic E-state index is 0.102. The Morgan fingerprint density at radius 1 is 1.29 bits per heavy atom. The third-order valence-corrected chi connectivity index (χ3v) is 4.08. The molecule has 1 amide bonds. The predicted molar refractivity (Wildman–Crippen MR) is 93.3 cm³/mol. The number of carbonyl (C=O) groups excluding carboxylic acids is 1. The van der Waals surface area contributed by atoms with Gasteiger partial charge in [0.1, 0.15) is 5.82 Å². The quantitative estimate of drug-likeness (QED) is 0.449. The normalized spacial score (nSPS) is 10.4. The molecule has 1 heterocycles. The van der Waals surface area contributed by atoms with Crippen LogP contribution in [-0.4, -0.2) is 44.5 Å². The monoisotopic (exact) mass is 347 g/mol. The minimum Gasteiger partial charge on any atom is -0.335 e. The molecule has 0 saturated heterocycles. The third kappa shape index (κ3) is 4.02. The molecule has 1 aromatic heterocycles. The molecule has 1 aromatic carbocycles. The number of benzene rings is 1. The van der Waals surface area contributed by atoms with Crippen molar-refractivity contribution >= 4 is 17.7 Å². The highest BCUT2D eigenvalue weighted by atomic mass is 32.2. The maximum Gasteiger partial charge on any atom is 0.233 e. The molecule has 0 aliphatic carbocycles. The first-order valence-corrected chi connectivity index (χ1v) is 8.14. The van der Waals surface area contributed by atoms with Crippen LogP contribution in [0.5, 0.6) is 0 Å². The highest BCUT2D eigenvalue weighted by Gasteiger charge is 2.17. The molecule has 0 saturated carbocycles. The maximum atomic E-state index is 13.8. The Hall–Kier alpha value is -2.61. The van der Waals surface area contributed by atoms with Crippen molar-refractivity contribution in [1.29, 1.82) is 0 Å². The van der Waals surface area contributed by atoms with Crippen LogP contribution in [0.3, 0.4) is 0 Å². The molecule has 2 aromatic rings. The summed E-state index contributed by atoms with van der Waals surface area (Å²) in [6, 6.07) is 6.16. The Labute approximate surface area is 143 Å². The second kappa shape index (κ2) is 8.30. The molecule has 24 heavy (non-hydrogen) atoms. The van der Waals surface area contributed by atoms with Crippen molar-refractivity contribution in [1.82, 2.24) is 19.8 Å². The lowest BCUT2D eigenvalue weighted by atomic mass is 10.2.